The molecule has 39 heavy (non-hydrogen) atoms. The fourth-order valence-corrected chi connectivity index (χ4v) is 4.11. The zero-order valence-corrected chi connectivity index (χ0v) is 22.4. The molecule has 7 heteroatoms. The molecule has 3 aromatic carbocycles. The highest BCUT2D eigenvalue weighted by atomic mass is 16.4. The number of Topliss-reactive ketones (excluding diaryl/α,β-unsaturated/α-hetero) is 1. The molecule has 0 aliphatic heterocycles. The first-order valence-electron chi connectivity index (χ1n) is 12.7. The fourth-order valence-electron chi connectivity index (χ4n) is 4.11. The van der Waals surface area contributed by atoms with E-state index in [2.05, 4.69) is 60.3 Å². The van der Waals surface area contributed by atoms with Gasteiger partial charge in [-0.15, -0.1) is 0 Å². The minimum absolute atomic E-state index is 0.0878. The number of rotatable bonds is 8. The van der Waals surface area contributed by atoms with Gasteiger partial charge in [0.25, 0.3) is 5.91 Å². The molecule has 0 saturated heterocycles. The fraction of sp³-hybridized carbons (Fsp3) is 0.219. The standard InChI is InChI=1S/C32H31N3O4/c1-20(36)22-9-11-25(12-10-22)30(37)35-28(31(38)39)17-21-5-7-24(8-6-21)29-33-18-26(19-34-29)23-13-15-27(16-14-23)32(2,3)4/h5-16,18-19,28H,17H2,1-4H3,(H,35,37)(H,38,39). The Bertz CT molecular complexity index is 1470. The van der Waals surface area contributed by atoms with Crippen molar-refractivity contribution in [2.45, 2.75) is 45.6 Å². The van der Waals surface area contributed by atoms with Crippen molar-refractivity contribution in [3.63, 3.8) is 0 Å². The second kappa shape index (κ2) is 11.4. The summed E-state index contributed by atoms with van der Waals surface area (Å²) in [4.78, 5) is 44.9. The first kappa shape index (κ1) is 27.4. The smallest absolute Gasteiger partial charge is 0.326 e. The lowest BCUT2D eigenvalue weighted by molar-refractivity contribution is -0.139. The van der Waals surface area contributed by atoms with Crippen molar-refractivity contribution < 1.29 is 19.5 Å². The Morgan fingerprint density at radius 2 is 1.31 bits per heavy atom. The number of amides is 1. The van der Waals surface area contributed by atoms with E-state index < -0.39 is 17.9 Å². The zero-order chi connectivity index (χ0) is 28.2. The molecule has 0 saturated carbocycles. The van der Waals surface area contributed by atoms with Gasteiger partial charge in [-0.05, 0) is 41.2 Å². The highest BCUT2D eigenvalue weighted by Crippen LogP contribution is 2.26. The summed E-state index contributed by atoms with van der Waals surface area (Å²) in [5, 5.41) is 12.2. The monoisotopic (exact) mass is 521 g/mol. The molecule has 1 aromatic heterocycles. The average molecular weight is 522 g/mol. The van der Waals surface area contributed by atoms with Gasteiger partial charge in [0.05, 0.1) is 0 Å². The zero-order valence-electron chi connectivity index (χ0n) is 22.4. The molecule has 198 valence electrons. The molecule has 0 aliphatic carbocycles. The van der Waals surface area contributed by atoms with Crippen LogP contribution < -0.4 is 5.32 Å². The molecular formula is C32H31N3O4. The molecule has 7 nitrogen and oxygen atoms in total. The highest BCUT2D eigenvalue weighted by molar-refractivity contribution is 5.99. The number of aromatic nitrogens is 2. The Morgan fingerprint density at radius 1 is 0.769 bits per heavy atom. The Labute approximate surface area is 228 Å². The number of aliphatic carboxylic acids is 1. The van der Waals surface area contributed by atoms with E-state index in [9.17, 15) is 19.5 Å². The number of carboxylic acid groups (broad SMARTS) is 1. The van der Waals surface area contributed by atoms with Crippen LogP contribution in [0.1, 0.15) is 59.5 Å². The maximum atomic E-state index is 12.6. The van der Waals surface area contributed by atoms with Gasteiger partial charge in [0.2, 0.25) is 0 Å². The number of nitrogens with one attached hydrogen (secondary N) is 1. The van der Waals surface area contributed by atoms with Crippen LogP contribution in [0.4, 0.5) is 0 Å². The number of benzene rings is 3. The van der Waals surface area contributed by atoms with Crippen molar-refractivity contribution in [2.24, 2.45) is 0 Å². The lowest BCUT2D eigenvalue weighted by atomic mass is 9.86. The summed E-state index contributed by atoms with van der Waals surface area (Å²) in [6.07, 6.45) is 3.69. The predicted octanol–water partition coefficient (Wildman–Crippen LogP) is 5.74. The van der Waals surface area contributed by atoms with Crippen molar-refractivity contribution in [1.82, 2.24) is 15.3 Å². The molecule has 2 N–H and O–H groups in total. The van der Waals surface area contributed by atoms with Gasteiger partial charge in [-0.3, -0.25) is 9.59 Å². The van der Waals surface area contributed by atoms with Crippen LogP contribution in [0.3, 0.4) is 0 Å². The summed E-state index contributed by atoms with van der Waals surface area (Å²) in [6, 6.07) is 20.7. The van der Waals surface area contributed by atoms with Gasteiger partial charge >= 0.3 is 5.97 Å². The minimum atomic E-state index is -1.14. The number of carboxylic acids is 1. The van der Waals surface area contributed by atoms with Gasteiger partial charge in [-0.25, -0.2) is 14.8 Å². The first-order valence-corrected chi connectivity index (χ1v) is 12.7. The Morgan fingerprint density at radius 3 is 1.82 bits per heavy atom. The van der Waals surface area contributed by atoms with Crippen LogP contribution in [0, 0.1) is 0 Å². The van der Waals surface area contributed by atoms with Gasteiger partial charge in [-0.1, -0.05) is 81.4 Å². The Kier molecular flexibility index (Phi) is 8.00. The molecule has 1 amide bonds. The maximum absolute atomic E-state index is 12.6. The van der Waals surface area contributed by atoms with Gasteiger partial charge < -0.3 is 10.4 Å². The number of hydrogen-bond acceptors (Lipinski definition) is 5. The van der Waals surface area contributed by atoms with Crippen LogP contribution >= 0.6 is 0 Å². The van der Waals surface area contributed by atoms with E-state index in [1.54, 1.807) is 24.5 Å². The lowest BCUT2D eigenvalue weighted by Crippen LogP contribution is -2.42. The molecular weight excluding hydrogens is 490 g/mol. The molecule has 4 rings (SSSR count). The molecule has 0 bridgehead atoms. The van der Waals surface area contributed by atoms with Crippen LogP contribution in [-0.4, -0.2) is 38.8 Å². The van der Waals surface area contributed by atoms with Crippen molar-refractivity contribution >= 4 is 17.7 Å². The molecule has 4 aromatic rings. The van der Waals surface area contributed by atoms with E-state index in [1.165, 1.54) is 24.6 Å². The van der Waals surface area contributed by atoms with E-state index in [0.717, 1.165) is 22.3 Å². The molecule has 0 aliphatic rings. The predicted molar refractivity (Wildman–Crippen MR) is 151 cm³/mol. The van der Waals surface area contributed by atoms with E-state index in [0.29, 0.717) is 11.4 Å². The second-order valence-corrected chi connectivity index (χ2v) is 10.5. The number of hydrogen-bond donors (Lipinski definition) is 2. The summed E-state index contributed by atoms with van der Waals surface area (Å²) in [6.45, 7) is 7.98. The molecule has 0 spiro atoms. The number of ketones is 1. The van der Waals surface area contributed by atoms with E-state index in [-0.39, 0.29) is 23.2 Å². The number of carbonyl (C=O) groups is 3. The molecule has 1 heterocycles. The summed E-state index contributed by atoms with van der Waals surface area (Å²) >= 11 is 0. The Balaban J connectivity index is 1.41. The number of carbonyl (C=O) groups excluding carboxylic acids is 2. The van der Waals surface area contributed by atoms with Crippen LogP contribution in [0.25, 0.3) is 22.5 Å². The minimum Gasteiger partial charge on any atom is -0.480 e. The molecule has 0 fully saturated rings. The normalized spacial score (nSPS) is 12.0. The van der Waals surface area contributed by atoms with Gasteiger partial charge in [0.15, 0.2) is 11.6 Å². The van der Waals surface area contributed by atoms with E-state index in [1.807, 2.05) is 24.3 Å². The van der Waals surface area contributed by atoms with Crippen molar-refractivity contribution in [3.8, 4) is 22.5 Å². The van der Waals surface area contributed by atoms with Crippen molar-refractivity contribution in [3.05, 3.63) is 107 Å². The van der Waals surface area contributed by atoms with Crippen molar-refractivity contribution in [2.75, 3.05) is 0 Å². The summed E-state index contributed by atoms with van der Waals surface area (Å²) in [7, 11) is 0. The Hall–Kier alpha value is -4.65. The third kappa shape index (κ3) is 6.82. The number of nitrogens with zero attached hydrogens (tertiary/aromatic N) is 2. The van der Waals surface area contributed by atoms with Gasteiger partial charge in [-0.2, -0.15) is 0 Å². The molecule has 1 atom stereocenters. The molecule has 0 radical (unpaired) electrons. The van der Waals surface area contributed by atoms with E-state index in [4.69, 9.17) is 0 Å². The second-order valence-electron chi connectivity index (χ2n) is 10.5. The molecule has 1 unspecified atom stereocenters. The van der Waals surface area contributed by atoms with E-state index >= 15 is 0 Å². The highest BCUT2D eigenvalue weighted by Gasteiger charge is 2.21. The lowest BCUT2D eigenvalue weighted by Gasteiger charge is -2.19. The van der Waals surface area contributed by atoms with Crippen LogP contribution in [0.2, 0.25) is 0 Å². The third-order valence-corrected chi connectivity index (χ3v) is 6.55. The topological polar surface area (TPSA) is 109 Å². The quantitative estimate of drug-likeness (QED) is 0.286. The SMILES string of the molecule is CC(=O)c1ccc(C(=O)NC(Cc2ccc(-c3ncc(-c4ccc(C(C)(C)C)cc4)cn3)cc2)C(=O)O)cc1. The summed E-state index contributed by atoms with van der Waals surface area (Å²) in [5.74, 6) is -1.20. The van der Waals surface area contributed by atoms with Gasteiger partial charge in [0.1, 0.15) is 6.04 Å². The third-order valence-electron chi connectivity index (χ3n) is 6.55. The summed E-state index contributed by atoms with van der Waals surface area (Å²) < 4.78 is 0. The van der Waals surface area contributed by atoms with Crippen LogP contribution in [-0.2, 0) is 16.6 Å². The largest absolute Gasteiger partial charge is 0.480 e. The average Bonchev–Trinajstić information content (AvgIpc) is 2.92. The first-order chi connectivity index (χ1) is 18.5. The van der Waals surface area contributed by atoms with Crippen LogP contribution in [0.15, 0.2) is 85.2 Å². The van der Waals surface area contributed by atoms with Gasteiger partial charge in [0, 0.05) is 41.1 Å². The summed E-state index contributed by atoms with van der Waals surface area (Å²) in [5.41, 5.74) is 5.63. The maximum Gasteiger partial charge on any atom is 0.326 e. The van der Waals surface area contributed by atoms with Crippen LogP contribution in [0.5, 0.6) is 0 Å². The van der Waals surface area contributed by atoms with Crippen molar-refractivity contribution in [1.29, 1.82) is 0 Å².